The molecule has 0 aliphatic heterocycles. The second kappa shape index (κ2) is 5.67. The van der Waals surface area contributed by atoms with Gasteiger partial charge < -0.3 is 4.57 Å². The smallest absolute Gasteiger partial charge is 0.229 e. The molecule has 0 N–H and O–H groups in total. The van der Waals surface area contributed by atoms with Crippen molar-refractivity contribution < 1.29 is 4.79 Å². The zero-order valence-corrected chi connectivity index (χ0v) is 12.2. The van der Waals surface area contributed by atoms with Gasteiger partial charge in [-0.3, -0.25) is 4.79 Å². The number of carbonyl (C=O) groups is 1. The van der Waals surface area contributed by atoms with Crippen LogP contribution in [0.1, 0.15) is 29.5 Å². The average Bonchev–Trinajstić information content (AvgIpc) is 2.80. The van der Waals surface area contributed by atoms with Crippen molar-refractivity contribution in [1.82, 2.24) is 9.55 Å². The van der Waals surface area contributed by atoms with Crippen LogP contribution in [0.3, 0.4) is 0 Å². The zero-order valence-electron chi connectivity index (χ0n) is 9.86. The molecule has 0 bridgehead atoms. The lowest BCUT2D eigenvalue weighted by Gasteiger charge is -2.07. The van der Waals surface area contributed by atoms with E-state index >= 15 is 0 Å². The number of carbonyl (C=O) groups excluding carboxylic acids is 1. The van der Waals surface area contributed by atoms with Crippen LogP contribution in [0, 0.1) is 0 Å². The minimum absolute atomic E-state index is 0.122. The molecule has 0 fully saturated rings. The van der Waals surface area contributed by atoms with Crippen molar-refractivity contribution in [2.24, 2.45) is 0 Å². The number of halogens is 2. The lowest BCUT2D eigenvalue weighted by atomic mass is 10.1. The largest absolute Gasteiger partial charge is 0.328 e. The Morgan fingerprint density at radius 2 is 2.28 bits per heavy atom. The molecule has 3 nitrogen and oxygen atoms in total. The molecule has 2 rings (SSSR count). The van der Waals surface area contributed by atoms with Crippen molar-refractivity contribution >= 4 is 33.3 Å². The fraction of sp³-hybridized carbons (Fsp3) is 0.231. The number of aromatic nitrogens is 2. The predicted molar refractivity (Wildman–Crippen MR) is 75.1 cm³/mol. The molecule has 0 atom stereocenters. The molecule has 0 aliphatic carbocycles. The zero-order chi connectivity index (χ0) is 13.1. The molecule has 5 heteroatoms. The summed E-state index contributed by atoms with van der Waals surface area (Å²) in [5, 5.41) is 0.537. The van der Waals surface area contributed by atoms with Crippen LogP contribution >= 0.6 is 27.5 Å². The molecule has 0 saturated heterocycles. The van der Waals surface area contributed by atoms with E-state index in [0.717, 1.165) is 17.4 Å². The monoisotopic (exact) mass is 326 g/mol. The molecule has 0 unspecified atom stereocenters. The molecule has 1 aromatic heterocycles. The molecule has 1 heterocycles. The van der Waals surface area contributed by atoms with E-state index in [1.807, 2.05) is 10.8 Å². The number of ketones is 1. The molecule has 0 saturated carbocycles. The lowest BCUT2D eigenvalue weighted by molar-refractivity contribution is 0.102. The molecule has 1 aromatic carbocycles. The van der Waals surface area contributed by atoms with Crippen molar-refractivity contribution in [2.45, 2.75) is 19.9 Å². The van der Waals surface area contributed by atoms with E-state index in [1.165, 1.54) is 0 Å². The van der Waals surface area contributed by atoms with E-state index < -0.39 is 0 Å². The maximum atomic E-state index is 12.4. The van der Waals surface area contributed by atoms with E-state index in [0.29, 0.717) is 16.4 Å². The van der Waals surface area contributed by atoms with Gasteiger partial charge in [0.2, 0.25) is 5.78 Å². The van der Waals surface area contributed by atoms with Crippen molar-refractivity contribution in [3.05, 3.63) is 51.5 Å². The highest BCUT2D eigenvalue weighted by atomic mass is 79.9. The van der Waals surface area contributed by atoms with Crippen molar-refractivity contribution in [3.8, 4) is 0 Å². The second-order valence-electron chi connectivity index (χ2n) is 3.90. The average molecular weight is 328 g/mol. The Kier molecular flexibility index (Phi) is 4.19. The van der Waals surface area contributed by atoms with Crippen LogP contribution in [0.5, 0.6) is 0 Å². The topological polar surface area (TPSA) is 34.9 Å². The predicted octanol–water partition coefficient (Wildman–Crippen LogP) is 3.94. The molecule has 0 amide bonds. The number of nitrogens with zero attached hydrogens (tertiary/aromatic N) is 2. The molecular formula is C13H12BrClN2O. The Labute approximate surface area is 119 Å². The number of hydrogen-bond donors (Lipinski definition) is 0. The SMILES string of the molecule is CCCn1ccnc1C(=O)c1cc(Cl)ccc1Br. The van der Waals surface area contributed by atoms with Crippen molar-refractivity contribution in [2.75, 3.05) is 0 Å². The standard InChI is InChI=1S/C13H12BrClN2O/c1-2-6-17-7-5-16-13(17)12(18)10-8-9(15)3-4-11(10)14/h3-5,7-8H,2,6H2,1H3. The van der Waals surface area contributed by atoms with Gasteiger partial charge in [0.1, 0.15) is 0 Å². The van der Waals surface area contributed by atoms with Gasteiger partial charge in [0.25, 0.3) is 0 Å². The second-order valence-corrected chi connectivity index (χ2v) is 5.19. The highest BCUT2D eigenvalue weighted by Gasteiger charge is 2.17. The Bertz CT molecular complexity index is 580. The van der Waals surface area contributed by atoms with Crippen molar-refractivity contribution in [3.63, 3.8) is 0 Å². The maximum absolute atomic E-state index is 12.4. The third-order valence-corrected chi connectivity index (χ3v) is 3.48. The Morgan fingerprint density at radius 3 is 3.00 bits per heavy atom. The quantitative estimate of drug-likeness (QED) is 0.797. The molecule has 0 radical (unpaired) electrons. The summed E-state index contributed by atoms with van der Waals surface area (Å²) in [5.41, 5.74) is 0.533. The number of rotatable bonds is 4. The van der Waals surface area contributed by atoms with E-state index in [-0.39, 0.29) is 5.78 Å². The number of imidazole rings is 1. The van der Waals surface area contributed by atoms with Crippen LogP contribution in [-0.2, 0) is 6.54 Å². The molecular weight excluding hydrogens is 316 g/mol. The van der Waals surface area contributed by atoms with E-state index in [1.54, 1.807) is 24.4 Å². The summed E-state index contributed by atoms with van der Waals surface area (Å²) in [5.74, 6) is 0.322. The van der Waals surface area contributed by atoms with Gasteiger partial charge in [-0.1, -0.05) is 34.5 Å². The number of aryl methyl sites for hydroxylation is 1. The summed E-state index contributed by atoms with van der Waals surface area (Å²) in [6.45, 7) is 2.84. The molecule has 2 aromatic rings. The van der Waals surface area contributed by atoms with Gasteiger partial charge in [0.05, 0.1) is 0 Å². The summed E-state index contributed by atoms with van der Waals surface area (Å²) >= 11 is 9.29. The van der Waals surface area contributed by atoms with Crippen LogP contribution in [0.2, 0.25) is 5.02 Å². The minimum atomic E-state index is -0.122. The number of hydrogen-bond acceptors (Lipinski definition) is 2. The molecule has 0 spiro atoms. The van der Waals surface area contributed by atoms with Gasteiger partial charge in [-0.05, 0) is 24.6 Å². The molecule has 94 valence electrons. The lowest BCUT2D eigenvalue weighted by Crippen LogP contribution is -2.11. The fourth-order valence-electron chi connectivity index (χ4n) is 1.73. The highest BCUT2D eigenvalue weighted by molar-refractivity contribution is 9.10. The van der Waals surface area contributed by atoms with E-state index in [9.17, 15) is 4.79 Å². The first kappa shape index (κ1) is 13.3. The van der Waals surface area contributed by atoms with E-state index in [2.05, 4.69) is 27.8 Å². The Balaban J connectivity index is 2.41. The molecule has 18 heavy (non-hydrogen) atoms. The van der Waals surface area contributed by atoms with Crippen LogP contribution in [-0.4, -0.2) is 15.3 Å². The van der Waals surface area contributed by atoms with Gasteiger partial charge in [0, 0.05) is 34.0 Å². The maximum Gasteiger partial charge on any atom is 0.229 e. The molecule has 0 aliphatic rings. The Hall–Kier alpha value is -1.13. The third kappa shape index (κ3) is 2.65. The van der Waals surface area contributed by atoms with Crippen LogP contribution in [0.15, 0.2) is 35.1 Å². The summed E-state index contributed by atoms with van der Waals surface area (Å²) in [6.07, 6.45) is 4.41. The third-order valence-electron chi connectivity index (χ3n) is 2.56. The van der Waals surface area contributed by atoms with E-state index in [4.69, 9.17) is 11.6 Å². The van der Waals surface area contributed by atoms with Gasteiger partial charge in [-0.15, -0.1) is 0 Å². The highest BCUT2D eigenvalue weighted by Crippen LogP contribution is 2.23. The van der Waals surface area contributed by atoms with Gasteiger partial charge in [0.15, 0.2) is 5.82 Å². The number of benzene rings is 1. The fourth-order valence-corrected chi connectivity index (χ4v) is 2.33. The summed E-state index contributed by atoms with van der Waals surface area (Å²) < 4.78 is 2.58. The van der Waals surface area contributed by atoms with Crippen LogP contribution in [0.25, 0.3) is 0 Å². The summed E-state index contributed by atoms with van der Waals surface area (Å²) in [6, 6.07) is 5.16. The van der Waals surface area contributed by atoms with Crippen LogP contribution in [0.4, 0.5) is 0 Å². The summed E-state index contributed by atoms with van der Waals surface area (Å²) in [7, 11) is 0. The minimum Gasteiger partial charge on any atom is -0.328 e. The normalized spacial score (nSPS) is 10.6. The first-order chi connectivity index (χ1) is 8.63. The van der Waals surface area contributed by atoms with Gasteiger partial charge in [-0.2, -0.15) is 0 Å². The van der Waals surface area contributed by atoms with Crippen LogP contribution < -0.4 is 0 Å². The van der Waals surface area contributed by atoms with Gasteiger partial charge in [-0.25, -0.2) is 4.98 Å². The first-order valence-corrected chi connectivity index (χ1v) is 6.81. The summed E-state index contributed by atoms with van der Waals surface area (Å²) in [4.78, 5) is 16.5. The Morgan fingerprint density at radius 1 is 1.50 bits per heavy atom. The van der Waals surface area contributed by atoms with Gasteiger partial charge >= 0.3 is 0 Å². The van der Waals surface area contributed by atoms with Crippen molar-refractivity contribution in [1.29, 1.82) is 0 Å². The first-order valence-electron chi connectivity index (χ1n) is 5.64.